The Bertz CT molecular complexity index is 506. The highest BCUT2D eigenvalue weighted by atomic mass is 16.5. The van der Waals surface area contributed by atoms with E-state index in [2.05, 4.69) is 29.2 Å². The highest BCUT2D eigenvalue weighted by Gasteiger charge is 2.23. The number of anilines is 1. The van der Waals surface area contributed by atoms with Crippen LogP contribution in [0.3, 0.4) is 0 Å². The van der Waals surface area contributed by atoms with Crippen LogP contribution >= 0.6 is 0 Å². The molecule has 3 N–H and O–H groups in total. The average Bonchev–Trinajstić information content (AvgIpc) is 2.47. The third-order valence-corrected chi connectivity index (χ3v) is 3.95. The molecule has 6 heteroatoms. The Morgan fingerprint density at radius 3 is 2.90 bits per heavy atom. The molecule has 1 atom stereocenters. The predicted molar refractivity (Wildman–Crippen MR) is 83.7 cm³/mol. The van der Waals surface area contributed by atoms with Crippen molar-refractivity contribution in [3.05, 3.63) is 23.8 Å². The summed E-state index contributed by atoms with van der Waals surface area (Å²) >= 11 is 0. The van der Waals surface area contributed by atoms with E-state index in [1.54, 1.807) is 25.3 Å². The van der Waals surface area contributed by atoms with Gasteiger partial charge in [0.2, 0.25) is 0 Å². The first kappa shape index (κ1) is 15.6. The summed E-state index contributed by atoms with van der Waals surface area (Å²) in [6.45, 7) is 3.63. The first-order valence-corrected chi connectivity index (χ1v) is 7.11. The van der Waals surface area contributed by atoms with Crippen LogP contribution in [0, 0.1) is 0 Å². The van der Waals surface area contributed by atoms with Crippen molar-refractivity contribution in [2.24, 2.45) is 0 Å². The molecule has 0 radical (unpaired) electrons. The van der Waals surface area contributed by atoms with E-state index in [4.69, 9.17) is 10.5 Å². The molecule has 0 saturated carbocycles. The monoisotopic (exact) mass is 292 g/mol. The van der Waals surface area contributed by atoms with Gasteiger partial charge in [-0.15, -0.1) is 0 Å². The number of nitrogens with zero attached hydrogens (tertiary/aromatic N) is 2. The number of ether oxygens (including phenoxy) is 1. The number of methoxy groups -OCH3 is 1. The number of amides is 1. The minimum atomic E-state index is -0.152. The van der Waals surface area contributed by atoms with Crippen molar-refractivity contribution in [1.82, 2.24) is 15.1 Å². The number of nitrogens with two attached hydrogens (primary N) is 1. The number of hydrogen-bond acceptors (Lipinski definition) is 5. The van der Waals surface area contributed by atoms with E-state index in [1.165, 1.54) is 0 Å². The molecule has 1 fully saturated rings. The second kappa shape index (κ2) is 6.78. The number of carbonyl (C=O) groups excluding carboxylic acids is 1. The van der Waals surface area contributed by atoms with Crippen LogP contribution in [0.15, 0.2) is 18.2 Å². The first-order chi connectivity index (χ1) is 10.0. The molecule has 21 heavy (non-hydrogen) atoms. The molecule has 1 amide bonds. The van der Waals surface area contributed by atoms with Crippen LogP contribution in [0.25, 0.3) is 0 Å². The number of hydrogen-bond donors (Lipinski definition) is 2. The number of nitrogen functional groups attached to an aromatic ring is 1. The minimum absolute atomic E-state index is 0.152. The second-order valence-electron chi connectivity index (χ2n) is 5.57. The normalized spacial score (nSPS) is 20.2. The van der Waals surface area contributed by atoms with Gasteiger partial charge in [-0.2, -0.15) is 0 Å². The Balaban J connectivity index is 2.00. The fourth-order valence-corrected chi connectivity index (χ4v) is 2.53. The third-order valence-electron chi connectivity index (χ3n) is 3.95. The van der Waals surface area contributed by atoms with Gasteiger partial charge in [0.05, 0.1) is 12.7 Å². The Morgan fingerprint density at radius 2 is 2.19 bits per heavy atom. The van der Waals surface area contributed by atoms with Gasteiger partial charge in [0.1, 0.15) is 5.75 Å². The summed E-state index contributed by atoms with van der Waals surface area (Å²) in [4.78, 5) is 16.9. The molecule has 1 aromatic rings. The van der Waals surface area contributed by atoms with Gasteiger partial charge in [0.15, 0.2) is 0 Å². The zero-order chi connectivity index (χ0) is 15.4. The Hall–Kier alpha value is -1.79. The lowest BCUT2D eigenvalue weighted by atomic mass is 10.1. The molecule has 2 rings (SSSR count). The molecule has 6 nitrogen and oxygen atoms in total. The summed E-state index contributed by atoms with van der Waals surface area (Å²) in [7, 11) is 5.74. The summed E-state index contributed by atoms with van der Waals surface area (Å²) in [5.74, 6) is 0.386. The summed E-state index contributed by atoms with van der Waals surface area (Å²) in [6, 6.07) is 5.40. The number of nitrogens with one attached hydrogen (secondary N) is 1. The van der Waals surface area contributed by atoms with Crippen LogP contribution in [-0.4, -0.2) is 69.1 Å². The third kappa shape index (κ3) is 3.86. The van der Waals surface area contributed by atoms with Crippen molar-refractivity contribution in [3.8, 4) is 5.75 Å². The van der Waals surface area contributed by atoms with Gasteiger partial charge in [0.25, 0.3) is 5.91 Å². The zero-order valence-electron chi connectivity index (χ0n) is 12.9. The molecular formula is C15H24N4O2. The summed E-state index contributed by atoms with van der Waals surface area (Å²) in [6.07, 6.45) is 0. The number of rotatable bonds is 4. The maximum atomic E-state index is 12.3. The first-order valence-electron chi connectivity index (χ1n) is 7.11. The van der Waals surface area contributed by atoms with Gasteiger partial charge in [0, 0.05) is 37.9 Å². The van der Waals surface area contributed by atoms with E-state index in [0.717, 1.165) is 19.6 Å². The van der Waals surface area contributed by atoms with Crippen molar-refractivity contribution in [2.75, 3.05) is 53.1 Å². The SMILES string of the molecule is COc1ccc(N)cc1C(=O)NCC1CN(C)CCN1C. The quantitative estimate of drug-likeness (QED) is 0.779. The maximum Gasteiger partial charge on any atom is 0.255 e. The molecule has 0 bridgehead atoms. The second-order valence-corrected chi connectivity index (χ2v) is 5.57. The molecule has 1 aromatic carbocycles. The predicted octanol–water partition coefficient (Wildman–Crippen LogP) is 0.253. The lowest BCUT2D eigenvalue weighted by molar-refractivity contribution is 0.0878. The number of carbonyl (C=O) groups is 1. The Kier molecular flexibility index (Phi) is 5.03. The molecule has 1 aliphatic heterocycles. The summed E-state index contributed by atoms with van der Waals surface area (Å²) in [5.41, 5.74) is 6.78. The van der Waals surface area contributed by atoms with Crippen molar-refractivity contribution in [1.29, 1.82) is 0 Å². The van der Waals surface area contributed by atoms with Gasteiger partial charge in [-0.3, -0.25) is 9.69 Å². The zero-order valence-corrected chi connectivity index (χ0v) is 12.9. The largest absolute Gasteiger partial charge is 0.496 e. The molecule has 1 aliphatic rings. The van der Waals surface area contributed by atoms with Gasteiger partial charge in [-0.05, 0) is 32.3 Å². The lowest BCUT2D eigenvalue weighted by Crippen LogP contribution is -2.54. The van der Waals surface area contributed by atoms with Crippen LogP contribution in [0.2, 0.25) is 0 Å². The van der Waals surface area contributed by atoms with Crippen molar-refractivity contribution in [3.63, 3.8) is 0 Å². The van der Waals surface area contributed by atoms with Crippen LogP contribution in [0.4, 0.5) is 5.69 Å². The Labute approximate surface area is 125 Å². The molecule has 1 heterocycles. The van der Waals surface area contributed by atoms with Gasteiger partial charge >= 0.3 is 0 Å². The molecular weight excluding hydrogens is 268 g/mol. The van der Waals surface area contributed by atoms with E-state index in [1.807, 2.05) is 0 Å². The highest BCUT2D eigenvalue weighted by molar-refractivity contribution is 5.97. The topological polar surface area (TPSA) is 70.8 Å². The van der Waals surface area contributed by atoms with E-state index >= 15 is 0 Å². The highest BCUT2D eigenvalue weighted by Crippen LogP contribution is 2.20. The standard InChI is InChI=1S/C15H24N4O2/c1-18-6-7-19(2)12(10-18)9-17-15(20)13-8-11(16)4-5-14(13)21-3/h4-5,8,12H,6-7,9-10,16H2,1-3H3,(H,17,20). The van der Waals surface area contributed by atoms with Crippen molar-refractivity contribution < 1.29 is 9.53 Å². The van der Waals surface area contributed by atoms with Gasteiger partial charge in [-0.25, -0.2) is 0 Å². The lowest BCUT2D eigenvalue weighted by Gasteiger charge is -2.37. The fourth-order valence-electron chi connectivity index (χ4n) is 2.53. The van der Waals surface area contributed by atoms with Gasteiger partial charge < -0.3 is 20.7 Å². The molecule has 0 spiro atoms. The van der Waals surface area contributed by atoms with Crippen molar-refractivity contribution >= 4 is 11.6 Å². The van der Waals surface area contributed by atoms with Gasteiger partial charge in [-0.1, -0.05) is 0 Å². The maximum absolute atomic E-state index is 12.3. The van der Waals surface area contributed by atoms with Crippen LogP contribution in [0.5, 0.6) is 5.75 Å². The fraction of sp³-hybridized carbons (Fsp3) is 0.533. The molecule has 0 aromatic heterocycles. The van der Waals surface area contributed by atoms with Crippen LogP contribution < -0.4 is 15.8 Å². The molecule has 116 valence electrons. The smallest absolute Gasteiger partial charge is 0.255 e. The summed E-state index contributed by atoms with van der Waals surface area (Å²) in [5, 5.41) is 2.98. The van der Waals surface area contributed by atoms with Crippen LogP contribution in [-0.2, 0) is 0 Å². The molecule has 0 aliphatic carbocycles. The molecule has 1 unspecified atom stereocenters. The number of benzene rings is 1. The molecule has 1 saturated heterocycles. The number of piperazine rings is 1. The van der Waals surface area contributed by atoms with E-state index < -0.39 is 0 Å². The van der Waals surface area contributed by atoms with Crippen molar-refractivity contribution in [2.45, 2.75) is 6.04 Å². The average molecular weight is 292 g/mol. The van der Waals surface area contributed by atoms with E-state index in [-0.39, 0.29) is 5.91 Å². The Morgan fingerprint density at radius 1 is 1.43 bits per heavy atom. The van der Waals surface area contributed by atoms with Crippen LogP contribution in [0.1, 0.15) is 10.4 Å². The van der Waals surface area contributed by atoms with E-state index in [0.29, 0.717) is 29.6 Å². The van der Waals surface area contributed by atoms with E-state index in [9.17, 15) is 4.79 Å². The number of likely N-dealkylation sites (N-methyl/N-ethyl adjacent to an activating group) is 2. The minimum Gasteiger partial charge on any atom is -0.496 e. The summed E-state index contributed by atoms with van der Waals surface area (Å²) < 4.78 is 5.22.